The molecule has 1 rings (SSSR count). The van der Waals surface area contributed by atoms with E-state index < -0.39 is 30.9 Å². The van der Waals surface area contributed by atoms with Crippen LogP contribution in [-0.2, 0) is 24.6 Å². The molecule has 9 heteroatoms. The molecule has 0 heterocycles. The minimum Gasteiger partial charge on any atom is -0.465 e. The van der Waals surface area contributed by atoms with Crippen molar-refractivity contribution < 1.29 is 26.4 Å². The van der Waals surface area contributed by atoms with Crippen molar-refractivity contribution in [3.05, 3.63) is 29.8 Å². The van der Waals surface area contributed by atoms with Crippen LogP contribution in [0.4, 0.5) is 5.69 Å². The molecule has 0 radical (unpaired) electrons. The summed E-state index contributed by atoms with van der Waals surface area (Å²) in [5.74, 6) is -0.724. The van der Waals surface area contributed by atoms with Gasteiger partial charge in [-0.15, -0.1) is 0 Å². The molecule has 0 aliphatic carbocycles. The Hall–Kier alpha value is -1.61. The Kier molecular flexibility index (Phi) is 4.53. The highest BCUT2D eigenvalue weighted by Gasteiger charge is 2.21. The normalized spacial score (nSPS) is 11.9. The lowest BCUT2D eigenvalue weighted by Gasteiger charge is -2.10. The number of para-hydroxylation sites is 1. The van der Waals surface area contributed by atoms with Crippen molar-refractivity contribution in [3.8, 4) is 0 Å². The SMILES string of the molecule is COC(=O)c1ccccc1NS(=O)(=O)CS(C)(=O)=O. The summed E-state index contributed by atoms with van der Waals surface area (Å²) in [6.07, 6.45) is 0.804. The van der Waals surface area contributed by atoms with Gasteiger partial charge in [-0.05, 0) is 12.1 Å². The Balaban J connectivity index is 3.10. The molecule has 0 aliphatic heterocycles. The van der Waals surface area contributed by atoms with E-state index in [2.05, 4.69) is 9.46 Å². The molecule has 0 spiro atoms. The Bertz CT molecular complexity index is 678. The van der Waals surface area contributed by atoms with Crippen molar-refractivity contribution in [1.82, 2.24) is 0 Å². The average Bonchev–Trinajstić information content (AvgIpc) is 2.24. The maximum Gasteiger partial charge on any atom is 0.339 e. The Labute approximate surface area is 111 Å². The van der Waals surface area contributed by atoms with Crippen LogP contribution in [0.3, 0.4) is 0 Å². The third-order valence-corrected chi connectivity index (χ3v) is 5.45. The van der Waals surface area contributed by atoms with Gasteiger partial charge in [0.15, 0.2) is 14.9 Å². The van der Waals surface area contributed by atoms with Gasteiger partial charge >= 0.3 is 5.97 Å². The first-order valence-electron chi connectivity index (χ1n) is 5.00. The van der Waals surface area contributed by atoms with E-state index >= 15 is 0 Å². The van der Waals surface area contributed by atoms with Gasteiger partial charge < -0.3 is 4.74 Å². The van der Waals surface area contributed by atoms with Crippen LogP contribution in [0.5, 0.6) is 0 Å². The van der Waals surface area contributed by atoms with E-state index in [9.17, 15) is 21.6 Å². The second-order valence-corrected chi connectivity index (χ2v) is 8.03. The summed E-state index contributed by atoms with van der Waals surface area (Å²) in [6.45, 7) is 0. The zero-order chi connectivity index (χ0) is 14.7. The Morgan fingerprint density at radius 3 is 2.32 bits per heavy atom. The number of anilines is 1. The van der Waals surface area contributed by atoms with E-state index in [1.165, 1.54) is 24.3 Å². The van der Waals surface area contributed by atoms with E-state index in [-0.39, 0.29) is 11.3 Å². The van der Waals surface area contributed by atoms with Gasteiger partial charge in [-0.2, -0.15) is 0 Å². The molecule has 7 nitrogen and oxygen atoms in total. The standard InChI is InChI=1S/C10H13NO6S2/c1-17-10(12)8-5-3-4-6-9(8)11-19(15,16)7-18(2,13)14/h3-6,11H,7H2,1-2H3. The molecular formula is C10H13NO6S2. The van der Waals surface area contributed by atoms with E-state index in [1.54, 1.807) is 0 Å². The lowest BCUT2D eigenvalue weighted by atomic mass is 10.2. The minimum atomic E-state index is -4.10. The predicted octanol–water partition coefficient (Wildman–Crippen LogP) is 0.217. The van der Waals surface area contributed by atoms with Gasteiger partial charge in [0.1, 0.15) is 0 Å². The zero-order valence-electron chi connectivity index (χ0n) is 10.3. The zero-order valence-corrected chi connectivity index (χ0v) is 11.9. The van der Waals surface area contributed by atoms with Crippen molar-refractivity contribution in [2.24, 2.45) is 0 Å². The molecule has 0 aliphatic rings. The van der Waals surface area contributed by atoms with Crippen molar-refractivity contribution in [2.45, 2.75) is 0 Å². The second-order valence-electron chi connectivity index (χ2n) is 3.80. The molecule has 1 N–H and O–H groups in total. The van der Waals surface area contributed by atoms with Crippen molar-refractivity contribution in [3.63, 3.8) is 0 Å². The third kappa shape index (κ3) is 4.87. The van der Waals surface area contributed by atoms with Gasteiger partial charge in [-0.25, -0.2) is 21.6 Å². The number of nitrogens with one attached hydrogen (secondary N) is 1. The molecule has 0 bridgehead atoms. The molecular weight excluding hydrogens is 294 g/mol. The minimum absolute atomic E-state index is 0.00192. The fraction of sp³-hybridized carbons (Fsp3) is 0.300. The van der Waals surface area contributed by atoms with Crippen LogP contribution in [0.25, 0.3) is 0 Å². The summed E-state index contributed by atoms with van der Waals surface area (Å²) in [5, 5.41) is -1.06. The first kappa shape index (κ1) is 15.4. The second kappa shape index (κ2) is 5.57. The van der Waals surface area contributed by atoms with Crippen LogP contribution < -0.4 is 4.72 Å². The molecule has 1 aromatic rings. The number of ether oxygens (including phenoxy) is 1. The number of rotatable bonds is 5. The Morgan fingerprint density at radius 2 is 1.79 bits per heavy atom. The van der Waals surface area contributed by atoms with E-state index in [1.807, 2.05) is 0 Å². The molecule has 0 aromatic heterocycles. The van der Waals surface area contributed by atoms with Gasteiger partial charge in [0.25, 0.3) is 0 Å². The van der Waals surface area contributed by atoms with Crippen molar-refractivity contribution in [1.29, 1.82) is 0 Å². The largest absolute Gasteiger partial charge is 0.465 e. The number of esters is 1. The lowest BCUT2D eigenvalue weighted by molar-refractivity contribution is 0.0602. The summed E-state index contributed by atoms with van der Waals surface area (Å²) in [6, 6.07) is 5.74. The summed E-state index contributed by atoms with van der Waals surface area (Å²) in [4.78, 5) is 11.4. The first-order valence-corrected chi connectivity index (χ1v) is 8.71. The summed E-state index contributed by atoms with van der Waals surface area (Å²) >= 11 is 0. The number of carbonyl (C=O) groups excluding carboxylic acids is 1. The van der Waals surface area contributed by atoms with Crippen molar-refractivity contribution in [2.75, 3.05) is 23.2 Å². The molecule has 1 aromatic carbocycles. The third-order valence-electron chi connectivity index (χ3n) is 1.97. The van der Waals surface area contributed by atoms with Crippen LogP contribution in [0.1, 0.15) is 10.4 Å². The maximum absolute atomic E-state index is 11.6. The average molecular weight is 307 g/mol. The molecule has 0 atom stereocenters. The first-order chi connectivity index (χ1) is 8.64. The monoisotopic (exact) mass is 307 g/mol. The number of methoxy groups -OCH3 is 1. The van der Waals surface area contributed by atoms with Crippen LogP contribution >= 0.6 is 0 Å². The molecule has 0 fully saturated rings. The quantitative estimate of drug-likeness (QED) is 0.780. The van der Waals surface area contributed by atoms with E-state index in [4.69, 9.17) is 0 Å². The Morgan fingerprint density at radius 1 is 1.21 bits per heavy atom. The fourth-order valence-electron chi connectivity index (χ4n) is 1.34. The smallest absolute Gasteiger partial charge is 0.339 e. The topological polar surface area (TPSA) is 107 Å². The maximum atomic E-state index is 11.6. The van der Waals surface area contributed by atoms with Gasteiger partial charge in [-0.3, -0.25) is 4.72 Å². The van der Waals surface area contributed by atoms with E-state index in [0.717, 1.165) is 13.4 Å². The number of hydrogen-bond donors (Lipinski definition) is 1. The van der Waals surface area contributed by atoms with Crippen LogP contribution in [-0.4, -0.2) is 41.3 Å². The fourth-order valence-corrected chi connectivity index (χ4v) is 4.34. The molecule has 0 saturated heterocycles. The number of carbonyl (C=O) groups is 1. The molecule has 19 heavy (non-hydrogen) atoms. The molecule has 0 amide bonds. The number of benzene rings is 1. The van der Waals surface area contributed by atoms with Gasteiger partial charge in [-0.1, -0.05) is 12.1 Å². The highest BCUT2D eigenvalue weighted by atomic mass is 32.3. The van der Waals surface area contributed by atoms with Crippen LogP contribution in [0.2, 0.25) is 0 Å². The molecule has 0 saturated carbocycles. The van der Waals surface area contributed by atoms with Crippen molar-refractivity contribution >= 4 is 31.5 Å². The van der Waals surface area contributed by atoms with Gasteiger partial charge in [0, 0.05) is 6.26 Å². The summed E-state index contributed by atoms with van der Waals surface area (Å²) in [5.41, 5.74) is -0.0277. The van der Waals surface area contributed by atoms with Crippen LogP contribution in [0, 0.1) is 0 Å². The van der Waals surface area contributed by atoms with Gasteiger partial charge in [0.05, 0.1) is 18.4 Å². The lowest BCUT2D eigenvalue weighted by Crippen LogP contribution is -2.23. The van der Waals surface area contributed by atoms with Crippen LogP contribution in [0.15, 0.2) is 24.3 Å². The highest BCUT2D eigenvalue weighted by molar-refractivity contribution is 8.08. The van der Waals surface area contributed by atoms with E-state index in [0.29, 0.717) is 0 Å². The summed E-state index contributed by atoms with van der Waals surface area (Å²) in [7, 11) is -6.65. The number of hydrogen-bond acceptors (Lipinski definition) is 6. The summed E-state index contributed by atoms with van der Waals surface area (Å²) < 4.78 is 51.8. The number of sulfone groups is 1. The molecule has 106 valence electrons. The predicted molar refractivity (Wildman–Crippen MR) is 70.0 cm³/mol. The highest BCUT2D eigenvalue weighted by Crippen LogP contribution is 2.17. The number of sulfonamides is 1. The van der Waals surface area contributed by atoms with Gasteiger partial charge in [0.2, 0.25) is 10.0 Å². The molecule has 0 unspecified atom stereocenters.